The van der Waals surface area contributed by atoms with Gasteiger partial charge in [-0.05, 0) is 103 Å². The first-order valence-corrected chi connectivity index (χ1v) is 20.6. The van der Waals surface area contributed by atoms with E-state index in [-0.39, 0.29) is 29.4 Å². The Hall–Kier alpha value is -5.75. The molecule has 0 spiro atoms. The van der Waals surface area contributed by atoms with Crippen molar-refractivity contribution in [2.75, 3.05) is 80.1 Å². The Balaban J connectivity index is 0.000000165. The molecule has 4 aliphatic heterocycles. The van der Waals surface area contributed by atoms with Crippen molar-refractivity contribution in [2.45, 2.75) is 38.5 Å². The predicted molar refractivity (Wildman–Crippen MR) is 227 cm³/mol. The molecular weight excluding hydrogens is 772 g/mol. The summed E-state index contributed by atoms with van der Waals surface area (Å²) < 4.78 is 17.1. The van der Waals surface area contributed by atoms with Crippen molar-refractivity contribution in [2.24, 2.45) is 0 Å². The van der Waals surface area contributed by atoms with Crippen molar-refractivity contribution < 1.29 is 38.5 Å². The fourth-order valence-corrected chi connectivity index (χ4v) is 7.34. The van der Waals surface area contributed by atoms with Crippen molar-refractivity contribution in [1.29, 1.82) is 0 Å². The van der Waals surface area contributed by atoms with Crippen molar-refractivity contribution in [1.82, 2.24) is 19.6 Å². The lowest BCUT2D eigenvalue weighted by molar-refractivity contribution is 0.0773. The number of fused-ring (bicyclic) bond motifs is 4. The van der Waals surface area contributed by atoms with Gasteiger partial charge in [0.25, 0.3) is 23.6 Å². The first kappa shape index (κ1) is 42.8. The maximum atomic E-state index is 12.3. The Morgan fingerprint density at radius 3 is 1.12 bits per heavy atom. The largest absolute Gasteiger partial charge is 0.508 e. The van der Waals surface area contributed by atoms with Gasteiger partial charge in [-0.25, -0.2) is 0 Å². The maximum Gasteiger partial charge on any atom is 0.254 e. The molecule has 1 N–H and O–H groups in total. The highest BCUT2D eigenvalue weighted by molar-refractivity contribution is 6.17. The van der Waals surface area contributed by atoms with Crippen LogP contribution in [0.5, 0.6) is 23.0 Å². The van der Waals surface area contributed by atoms with E-state index in [9.17, 15) is 24.3 Å². The minimum atomic E-state index is -0.00264. The number of benzene rings is 4. The molecule has 8 rings (SSSR count). The zero-order chi connectivity index (χ0) is 42.1. The number of nitrogens with zero attached hydrogens (tertiary/aromatic N) is 4. The maximum absolute atomic E-state index is 12.3. The third kappa shape index (κ3) is 10.7. The minimum Gasteiger partial charge on any atom is -0.508 e. The highest BCUT2D eigenvalue weighted by Gasteiger charge is 2.25. The summed E-state index contributed by atoms with van der Waals surface area (Å²) >= 11 is 5.58. The van der Waals surface area contributed by atoms with E-state index in [0.29, 0.717) is 49.2 Å². The fraction of sp³-hybridized carbons (Fsp3) is 0.391. The molecule has 0 aromatic heterocycles. The lowest BCUT2D eigenvalue weighted by Crippen LogP contribution is -2.34. The number of carbonyl (C=O) groups is 4. The molecule has 4 aromatic carbocycles. The number of ether oxygens (including phenoxy) is 3. The van der Waals surface area contributed by atoms with Gasteiger partial charge in [0.2, 0.25) is 0 Å². The molecular formula is C46H53ClN4O8. The predicted octanol–water partition coefficient (Wildman–Crippen LogP) is 6.13. The number of phenols is 1. The molecule has 0 saturated carbocycles. The van der Waals surface area contributed by atoms with Gasteiger partial charge >= 0.3 is 0 Å². The van der Waals surface area contributed by atoms with E-state index in [0.717, 1.165) is 103 Å². The van der Waals surface area contributed by atoms with Crippen molar-refractivity contribution in [3.05, 3.63) is 117 Å². The van der Waals surface area contributed by atoms with Crippen LogP contribution in [-0.2, 0) is 25.7 Å². The van der Waals surface area contributed by atoms with Gasteiger partial charge in [0, 0.05) is 88.9 Å². The van der Waals surface area contributed by atoms with E-state index < -0.39 is 0 Å². The molecule has 0 bridgehead atoms. The average molecular weight is 825 g/mol. The Labute approximate surface area is 351 Å². The summed E-state index contributed by atoms with van der Waals surface area (Å²) in [5, 5.41) is 9.22. The molecule has 0 aliphatic carbocycles. The number of halogens is 1. The third-order valence-corrected chi connectivity index (χ3v) is 11.2. The minimum absolute atomic E-state index is 0.00264. The summed E-state index contributed by atoms with van der Waals surface area (Å²) in [6.45, 7) is 4.65. The smallest absolute Gasteiger partial charge is 0.254 e. The molecule has 59 heavy (non-hydrogen) atoms. The van der Waals surface area contributed by atoms with Crippen LogP contribution < -0.4 is 14.2 Å². The Morgan fingerprint density at radius 1 is 0.475 bits per heavy atom. The molecule has 0 fully saturated rings. The summed E-state index contributed by atoms with van der Waals surface area (Å²) in [5.41, 5.74) is 7.16. The number of carbonyl (C=O) groups excluding carboxylic acids is 4. The average Bonchev–Trinajstić information content (AvgIpc) is 3.24. The number of aromatic hydroxyl groups is 1. The highest BCUT2D eigenvalue weighted by Crippen LogP contribution is 2.27. The van der Waals surface area contributed by atoms with Crippen LogP contribution in [-0.4, -0.2) is 128 Å². The molecule has 4 aromatic rings. The van der Waals surface area contributed by atoms with Crippen LogP contribution in [0.15, 0.2) is 72.8 Å². The molecule has 4 aliphatic rings. The Kier molecular flexibility index (Phi) is 14.4. The zero-order valence-electron chi connectivity index (χ0n) is 34.3. The number of amides is 4. The van der Waals surface area contributed by atoms with Crippen LogP contribution in [0.25, 0.3) is 0 Å². The SMILES string of the molecule is CN1CCc2ccc(O)cc2C1=O.CN1CCc2ccc(OCCCCl)cc2C1=O.CN1CCc2ccc(OCCCOc3ccc4c(c3)C(=O)N(C)CC4)cc2C1=O. The molecule has 4 amide bonds. The van der Waals surface area contributed by atoms with Crippen LogP contribution in [0.4, 0.5) is 0 Å². The van der Waals surface area contributed by atoms with Crippen LogP contribution in [0.2, 0.25) is 0 Å². The van der Waals surface area contributed by atoms with Crippen LogP contribution >= 0.6 is 11.6 Å². The summed E-state index contributed by atoms with van der Waals surface area (Å²) in [7, 11) is 7.24. The van der Waals surface area contributed by atoms with Crippen LogP contribution in [0, 0.1) is 0 Å². The number of hydrogen-bond acceptors (Lipinski definition) is 8. The number of likely N-dealkylation sites (N-methyl/N-ethyl adjacent to an activating group) is 4. The lowest BCUT2D eigenvalue weighted by atomic mass is 9.99. The van der Waals surface area contributed by atoms with E-state index in [1.807, 2.05) is 81.8 Å². The van der Waals surface area contributed by atoms with E-state index in [1.54, 1.807) is 32.7 Å². The van der Waals surface area contributed by atoms with Gasteiger partial charge < -0.3 is 38.9 Å². The summed E-state index contributed by atoms with van der Waals surface area (Å²) in [4.78, 5) is 55.0. The fourth-order valence-electron chi connectivity index (χ4n) is 7.23. The summed E-state index contributed by atoms with van der Waals surface area (Å²) in [6, 6.07) is 22.2. The second-order valence-corrected chi connectivity index (χ2v) is 15.5. The van der Waals surface area contributed by atoms with Gasteiger partial charge in [-0.2, -0.15) is 0 Å². The summed E-state index contributed by atoms with van der Waals surface area (Å²) in [5.74, 6) is 3.07. The number of rotatable bonds is 10. The van der Waals surface area contributed by atoms with Gasteiger partial charge in [0.05, 0.1) is 19.8 Å². The van der Waals surface area contributed by atoms with E-state index >= 15 is 0 Å². The van der Waals surface area contributed by atoms with Crippen LogP contribution in [0.1, 0.15) is 76.5 Å². The van der Waals surface area contributed by atoms with E-state index in [1.165, 1.54) is 6.07 Å². The standard InChI is InChI=1S/C23H26N2O4.C13H16ClNO2.C10H11NO2/c1-24-10-8-16-4-6-18(14-20(16)22(24)26)28-12-3-13-29-19-7-5-17-9-11-25(2)23(27)21(17)15-19;1-15-7-5-10-3-4-11(17-8-2-6-14)9-12(10)13(15)16;1-11-5-4-7-2-3-8(12)6-9(7)10(11)13/h4-7,14-15H,3,8-13H2,1-2H3;3-4,9H,2,5-8H2,1H3;2-3,6,12H,4-5H2,1H3. The normalized spacial score (nSPS) is 15.5. The van der Waals surface area contributed by atoms with Gasteiger partial charge in [-0.15, -0.1) is 11.6 Å². The van der Waals surface area contributed by atoms with Gasteiger partial charge in [-0.3, -0.25) is 19.2 Å². The third-order valence-electron chi connectivity index (χ3n) is 10.9. The van der Waals surface area contributed by atoms with Gasteiger partial charge in [-0.1, -0.05) is 24.3 Å². The number of hydrogen-bond donors (Lipinski definition) is 1. The van der Waals surface area contributed by atoms with Gasteiger partial charge in [0.1, 0.15) is 23.0 Å². The first-order chi connectivity index (χ1) is 28.4. The summed E-state index contributed by atoms with van der Waals surface area (Å²) in [6.07, 6.45) is 5.06. The van der Waals surface area contributed by atoms with E-state index in [2.05, 4.69) is 0 Å². The second kappa shape index (κ2) is 19.8. The topological polar surface area (TPSA) is 129 Å². The van der Waals surface area contributed by atoms with Gasteiger partial charge in [0.15, 0.2) is 0 Å². The lowest BCUT2D eigenvalue weighted by Gasteiger charge is -2.25. The Morgan fingerprint density at radius 2 is 0.780 bits per heavy atom. The van der Waals surface area contributed by atoms with E-state index in [4.69, 9.17) is 25.8 Å². The quantitative estimate of drug-likeness (QED) is 0.150. The molecule has 13 heteroatoms. The first-order valence-electron chi connectivity index (χ1n) is 20.1. The van der Waals surface area contributed by atoms with Crippen molar-refractivity contribution in [3.8, 4) is 23.0 Å². The second-order valence-electron chi connectivity index (χ2n) is 15.1. The van der Waals surface area contributed by atoms with Crippen molar-refractivity contribution in [3.63, 3.8) is 0 Å². The molecule has 312 valence electrons. The molecule has 12 nitrogen and oxygen atoms in total. The molecule has 0 atom stereocenters. The van der Waals surface area contributed by atoms with Crippen LogP contribution in [0.3, 0.4) is 0 Å². The highest BCUT2D eigenvalue weighted by atomic mass is 35.5. The molecule has 0 saturated heterocycles. The Bertz CT molecular complexity index is 2100. The number of phenolic OH excluding ortho intramolecular Hbond substituents is 1. The van der Waals surface area contributed by atoms with Crippen molar-refractivity contribution >= 4 is 35.2 Å². The molecule has 0 radical (unpaired) electrons. The monoisotopic (exact) mass is 824 g/mol. The molecule has 4 heterocycles. The zero-order valence-corrected chi connectivity index (χ0v) is 35.1. The molecule has 0 unspecified atom stereocenters. The number of alkyl halides is 1.